The average Bonchev–Trinajstić information content (AvgIpc) is 2.69. The van der Waals surface area contributed by atoms with E-state index < -0.39 is 7.14 Å². The molecule has 26 heavy (non-hydrogen) atoms. The topological polar surface area (TPSA) is 17.1 Å². The molecule has 0 bridgehead atoms. The molecule has 3 aromatic carbocycles. The van der Waals surface area contributed by atoms with Gasteiger partial charge in [0.25, 0.3) is 0 Å². The van der Waals surface area contributed by atoms with Crippen LogP contribution in [0.25, 0.3) is 0 Å². The Kier molecular flexibility index (Phi) is 5.21. The van der Waals surface area contributed by atoms with Crippen molar-refractivity contribution in [2.45, 2.75) is 40.8 Å². The van der Waals surface area contributed by atoms with E-state index >= 15 is 0 Å². The van der Waals surface area contributed by atoms with E-state index in [0.29, 0.717) is 6.16 Å². The Labute approximate surface area is 157 Å². The minimum absolute atomic E-state index is 0.570. The van der Waals surface area contributed by atoms with Gasteiger partial charge in [-0.15, -0.1) is 0 Å². The summed E-state index contributed by atoms with van der Waals surface area (Å²) in [6.07, 6.45) is 0.570. The highest BCUT2D eigenvalue weighted by Gasteiger charge is 2.29. The molecule has 0 N–H and O–H groups in total. The Morgan fingerprint density at radius 1 is 0.577 bits per heavy atom. The van der Waals surface area contributed by atoms with Gasteiger partial charge >= 0.3 is 0 Å². The van der Waals surface area contributed by atoms with Crippen molar-refractivity contribution in [1.29, 1.82) is 0 Å². The van der Waals surface area contributed by atoms with Crippen molar-refractivity contribution in [1.82, 2.24) is 0 Å². The van der Waals surface area contributed by atoms with E-state index in [-0.39, 0.29) is 0 Å². The molecule has 0 unspecified atom stereocenters. The largest absolute Gasteiger partial charge is 0.313 e. The van der Waals surface area contributed by atoms with Crippen LogP contribution in [0, 0.1) is 34.6 Å². The third kappa shape index (κ3) is 3.17. The molecule has 0 aliphatic heterocycles. The molecule has 3 rings (SSSR count). The third-order valence-electron chi connectivity index (χ3n) is 5.88. The van der Waals surface area contributed by atoms with Gasteiger partial charge in [0.2, 0.25) is 0 Å². The zero-order valence-electron chi connectivity index (χ0n) is 16.3. The summed E-state index contributed by atoms with van der Waals surface area (Å²) in [6.45, 7) is 10.9. The predicted octanol–water partition coefficient (Wildman–Crippen LogP) is 5.74. The zero-order valence-corrected chi connectivity index (χ0v) is 17.2. The fraction of sp³-hybridized carbons (Fsp3) is 0.250. The Morgan fingerprint density at radius 2 is 0.923 bits per heavy atom. The lowest BCUT2D eigenvalue weighted by Crippen LogP contribution is -2.18. The van der Waals surface area contributed by atoms with E-state index in [1.165, 1.54) is 33.4 Å². The van der Waals surface area contributed by atoms with Crippen LogP contribution in [0.15, 0.2) is 60.7 Å². The number of benzene rings is 3. The van der Waals surface area contributed by atoms with Gasteiger partial charge in [-0.25, -0.2) is 0 Å². The minimum Gasteiger partial charge on any atom is -0.313 e. The van der Waals surface area contributed by atoms with Crippen LogP contribution in [0.1, 0.15) is 33.4 Å². The van der Waals surface area contributed by atoms with Crippen LogP contribution in [-0.4, -0.2) is 0 Å². The second-order valence-electron chi connectivity index (χ2n) is 7.17. The van der Waals surface area contributed by atoms with Gasteiger partial charge in [0.05, 0.1) is 0 Å². The van der Waals surface area contributed by atoms with Crippen LogP contribution in [-0.2, 0) is 10.7 Å². The van der Waals surface area contributed by atoms with Crippen molar-refractivity contribution in [2.24, 2.45) is 0 Å². The molecule has 0 amide bonds. The Hall–Kier alpha value is -2.11. The van der Waals surface area contributed by atoms with Crippen LogP contribution in [0.4, 0.5) is 0 Å². The minimum atomic E-state index is -2.75. The molecule has 0 aromatic heterocycles. The molecule has 3 aromatic rings. The van der Waals surface area contributed by atoms with Crippen molar-refractivity contribution in [2.75, 3.05) is 0 Å². The number of hydrogen-bond acceptors (Lipinski definition) is 1. The maximum atomic E-state index is 14.4. The van der Waals surface area contributed by atoms with Crippen molar-refractivity contribution in [3.63, 3.8) is 0 Å². The summed E-state index contributed by atoms with van der Waals surface area (Å²) < 4.78 is 14.4. The predicted molar refractivity (Wildman–Crippen MR) is 114 cm³/mol. The van der Waals surface area contributed by atoms with E-state index in [9.17, 15) is 4.57 Å². The summed E-state index contributed by atoms with van der Waals surface area (Å²) in [4.78, 5) is 0. The third-order valence-corrected chi connectivity index (χ3v) is 8.91. The number of rotatable bonds is 4. The molecule has 0 saturated carbocycles. The second kappa shape index (κ2) is 7.25. The molecule has 1 nitrogen and oxygen atoms in total. The molecule has 0 fully saturated rings. The molecule has 0 aliphatic carbocycles. The summed E-state index contributed by atoms with van der Waals surface area (Å²) >= 11 is 0. The van der Waals surface area contributed by atoms with Gasteiger partial charge in [-0.05, 0) is 68.0 Å². The maximum Gasteiger partial charge on any atom is 0.147 e. The van der Waals surface area contributed by atoms with E-state index in [2.05, 4.69) is 34.6 Å². The van der Waals surface area contributed by atoms with Crippen molar-refractivity contribution in [3.05, 3.63) is 94.0 Å². The van der Waals surface area contributed by atoms with E-state index in [0.717, 1.165) is 10.6 Å². The first kappa shape index (κ1) is 18.7. The Bertz CT molecular complexity index is 900. The van der Waals surface area contributed by atoms with Gasteiger partial charge in [0, 0.05) is 16.8 Å². The molecule has 0 atom stereocenters. The van der Waals surface area contributed by atoms with Crippen LogP contribution in [0.5, 0.6) is 0 Å². The molecule has 0 heterocycles. The highest BCUT2D eigenvalue weighted by molar-refractivity contribution is 7.78. The smallest absolute Gasteiger partial charge is 0.147 e. The molecule has 2 heteroatoms. The normalized spacial score (nSPS) is 11.6. The Balaban J connectivity index is 2.23. The summed E-state index contributed by atoms with van der Waals surface area (Å²) in [5.41, 5.74) is 7.77. The second-order valence-corrected chi connectivity index (χ2v) is 10.0. The summed E-state index contributed by atoms with van der Waals surface area (Å²) in [7, 11) is -2.75. The SMILES string of the molecule is Cc1c(C)c(C)c(CP(=O)(c2ccccc2)c2ccccc2)c(C)c1C. The van der Waals surface area contributed by atoms with E-state index in [4.69, 9.17) is 0 Å². The molecule has 0 aliphatic rings. The van der Waals surface area contributed by atoms with Crippen LogP contribution in [0.3, 0.4) is 0 Å². The van der Waals surface area contributed by atoms with Gasteiger partial charge < -0.3 is 4.57 Å². The maximum absolute atomic E-state index is 14.4. The monoisotopic (exact) mass is 362 g/mol. The first-order valence-electron chi connectivity index (χ1n) is 9.12. The molecule has 0 saturated heterocycles. The van der Waals surface area contributed by atoms with E-state index in [1.54, 1.807) is 0 Å². The van der Waals surface area contributed by atoms with Gasteiger partial charge in [-0.2, -0.15) is 0 Å². The van der Waals surface area contributed by atoms with Crippen molar-refractivity contribution in [3.8, 4) is 0 Å². The molecule has 0 spiro atoms. The van der Waals surface area contributed by atoms with Crippen LogP contribution < -0.4 is 10.6 Å². The summed E-state index contributed by atoms with van der Waals surface area (Å²) in [5.74, 6) is 0. The van der Waals surface area contributed by atoms with Gasteiger partial charge in [-0.3, -0.25) is 0 Å². The molecule has 0 radical (unpaired) electrons. The Morgan fingerprint density at radius 3 is 1.31 bits per heavy atom. The van der Waals surface area contributed by atoms with Crippen molar-refractivity contribution >= 4 is 17.8 Å². The van der Waals surface area contributed by atoms with Gasteiger partial charge in [0.15, 0.2) is 0 Å². The molecule has 134 valence electrons. The van der Waals surface area contributed by atoms with Crippen molar-refractivity contribution < 1.29 is 4.57 Å². The highest BCUT2D eigenvalue weighted by Crippen LogP contribution is 2.48. The lowest BCUT2D eigenvalue weighted by molar-refractivity contribution is 0.586. The summed E-state index contributed by atoms with van der Waals surface area (Å²) in [5, 5.41) is 1.86. The lowest BCUT2D eigenvalue weighted by Gasteiger charge is -2.24. The molecular weight excluding hydrogens is 335 g/mol. The first-order valence-corrected chi connectivity index (χ1v) is 11.0. The fourth-order valence-corrected chi connectivity index (χ4v) is 6.60. The molecular formula is C24H27OP. The zero-order chi connectivity index (χ0) is 18.9. The summed E-state index contributed by atoms with van der Waals surface area (Å²) in [6, 6.07) is 19.9. The lowest BCUT2D eigenvalue weighted by atomic mass is 9.90. The van der Waals surface area contributed by atoms with Crippen LogP contribution >= 0.6 is 7.14 Å². The fourth-order valence-electron chi connectivity index (χ4n) is 3.71. The highest BCUT2D eigenvalue weighted by atomic mass is 31.2. The first-order chi connectivity index (χ1) is 12.4. The van der Waals surface area contributed by atoms with Gasteiger partial charge in [-0.1, -0.05) is 60.7 Å². The quantitative estimate of drug-likeness (QED) is 0.541. The van der Waals surface area contributed by atoms with Gasteiger partial charge in [0.1, 0.15) is 7.14 Å². The van der Waals surface area contributed by atoms with E-state index in [1.807, 2.05) is 60.7 Å². The van der Waals surface area contributed by atoms with Crippen LogP contribution in [0.2, 0.25) is 0 Å². The standard InChI is InChI=1S/C24H27OP/c1-17-18(2)20(4)24(21(5)19(17)3)16-26(25,22-12-8-6-9-13-22)23-14-10-7-11-15-23/h6-15H,16H2,1-5H3. The number of hydrogen-bond donors (Lipinski definition) is 0. The average molecular weight is 362 g/mol.